The SMILES string of the molecule is CCOC1=CC(=O)CC(c2ccccc2Cl)C1. The molecule has 2 nitrogen and oxygen atoms in total. The lowest BCUT2D eigenvalue weighted by Gasteiger charge is -2.23. The topological polar surface area (TPSA) is 26.3 Å². The van der Waals surface area contributed by atoms with Crippen LogP contribution >= 0.6 is 11.6 Å². The molecule has 1 aliphatic carbocycles. The number of hydrogen-bond acceptors (Lipinski definition) is 2. The monoisotopic (exact) mass is 250 g/mol. The predicted octanol–water partition coefficient (Wildman–Crippen LogP) is 3.71. The van der Waals surface area contributed by atoms with Gasteiger partial charge in [-0.25, -0.2) is 0 Å². The molecule has 1 aliphatic rings. The molecule has 1 unspecified atom stereocenters. The second-order valence-corrected chi connectivity index (χ2v) is 4.54. The van der Waals surface area contributed by atoms with Gasteiger partial charge in [0.25, 0.3) is 0 Å². The lowest BCUT2D eigenvalue weighted by molar-refractivity contribution is -0.115. The van der Waals surface area contributed by atoms with Crippen molar-refractivity contribution < 1.29 is 9.53 Å². The highest BCUT2D eigenvalue weighted by atomic mass is 35.5. The fourth-order valence-electron chi connectivity index (χ4n) is 2.17. The van der Waals surface area contributed by atoms with Gasteiger partial charge < -0.3 is 4.74 Å². The zero-order valence-corrected chi connectivity index (χ0v) is 10.5. The first-order valence-corrected chi connectivity index (χ1v) is 6.19. The molecule has 0 amide bonds. The molecular formula is C14H15ClO2. The summed E-state index contributed by atoms with van der Waals surface area (Å²) < 4.78 is 5.44. The van der Waals surface area contributed by atoms with E-state index in [0.29, 0.717) is 13.0 Å². The van der Waals surface area contributed by atoms with E-state index < -0.39 is 0 Å². The average Bonchev–Trinajstić information content (AvgIpc) is 2.29. The van der Waals surface area contributed by atoms with Crippen molar-refractivity contribution in [3.05, 3.63) is 46.7 Å². The summed E-state index contributed by atoms with van der Waals surface area (Å²) in [4.78, 5) is 11.6. The number of halogens is 1. The molecule has 1 aromatic carbocycles. The van der Waals surface area contributed by atoms with Gasteiger partial charge in [-0.1, -0.05) is 29.8 Å². The summed E-state index contributed by atoms with van der Waals surface area (Å²) >= 11 is 6.16. The van der Waals surface area contributed by atoms with Crippen LogP contribution in [0.25, 0.3) is 0 Å². The summed E-state index contributed by atoms with van der Waals surface area (Å²) in [5.74, 6) is 1.03. The summed E-state index contributed by atoms with van der Waals surface area (Å²) in [7, 11) is 0. The Morgan fingerprint density at radius 1 is 1.35 bits per heavy atom. The Hall–Kier alpha value is -1.28. The van der Waals surface area contributed by atoms with E-state index in [1.807, 2.05) is 31.2 Å². The van der Waals surface area contributed by atoms with E-state index >= 15 is 0 Å². The molecule has 0 aromatic heterocycles. The summed E-state index contributed by atoms with van der Waals surface area (Å²) in [6.45, 7) is 2.51. The first-order chi connectivity index (χ1) is 8.20. The highest BCUT2D eigenvalue weighted by Gasteiger charge is 2.24. The Balaban J connectivity index is 2.22. The third kappa shape index (κ3) is 2.89. The van der Waals surface area contributed by atoms with Crippen LogP contribution in [-0.2, 0) is 9.53 Å². The van der Waals surface area contributed by atoms with Crippen LogP contribution in [-0.4, -0.2) is 12.4 Å². The van der Waals surface area contributed by atoms with Crippen LogP contribution in [0.2, 0.25) is 5.02 Å². The Kier molecular flexibility index (Phi) is 3.85. The largest absolute Gasteiger partial charge is 0.498 e. The smallest absolute Gasteiger partial charge is 0.159 e. The Bertz CT molecular complexity index is 451. The van der Waals surface area contributed by atoms with E-state index in [1.165, 1.54) is 0 Å². The van der Waals surface area contributed by atoms with Crippen LogP contribution < -0.4 is 0 Å². The van der Waals surface area contributed by atoms with Crippen molar-refractivity contribution >= 4 is 17.4 Å². The van der Waals surface area contributed by atoms with Gasteiger partial charge >= 0.3 is 0 Å². The minimum Gasteiger partial charge on any atom is -0.498 e. The van der Waals surface area contributed by atoms with E-state index in [9.17, 15) is 4.79 Å². The molecule has 17 heavy (non-hydrogen) atoms. The van der Waals surface area contributed by atoms with Gasteiger partial charge in [-0.3, -0.25) is 4.79 Å². The van der Waals surface area contributed by atoms with Crippen molar-refractivity contribution in [1.82, 2.24) is 0 Å². The molecule has 2 rings (SSSR count). The summed E-state index contributed by atoms with van der Waals surface area (Å²) in [6.07, 6.45) is 2.88. The Morgan fingerprint density at radius 2 is 2.12 bits per heavy atom. The normalized spacial score (nSPS) is 20.0. The minimum atomic E-state index is 0.115. The fourth-order valence-corrected chi connectivity index (χ4v) is 2.46. The number of benzene rings is 1. The van der Waals surface area contributed by atoms with E-state index in [-0.39, 0.29) is 11.7 Å². The molecule has 3 heteroatoms. The molecule has 90 valence electrons. The van der Waals surface area contributed by atoms with Crippen molar-refractivity contribution in [1.29, 1.82) is 0 Å². The molecule has 0 N–H and O–H groups in total. The highest BCUT2D eigenvalue weighted by molar-refractivity contribution is 6.31. The zero-order valence-electron chi connectivity index (χ0n) is 9.78. The van der Waals surface area contributed by atoms with Crippen molar-refractivity contribution in [3.63, 3.8) is 0 Å². The van der Waals surface area contributed by atoms with E-state index in [1.54, 1.807) is 6.08 Å². The zero-order chi connectivity index (χ0) is 12.3. The van der Waals surface area contributed by atoms with Crippen molar-refractivity contribution in [2.24, 2.45) is 0 Å². The van der Waals surface area contributed by atoms with Gasteiger partial charge in [0.2, 0.25) is 0 Å². The summed E-state index contributed by atoms with van der Waals surface area (Å²) in [5.41, 5.74) is 1.04. The van der Waals surface area contributed by atoms with E-state index in [2.05, 4.69) is 0 Å². The highest BCUT2D eigenvalue weighted by Crippen LogP contribution is 2.35. The number of ketones is 1. The van der Waals surface area contributed by atoms with Gasteiger partial charge in [0.05, 0.1) is 6.61 Å². The number of rotatable bonds is 3. The fraction of sp³-hybridized carbons (Fsp3) is 0.357. The molecule has 1 atom stereocenters. The number of carbonyl (C=O) groups excluding carboxylic acids is 1. The van der Waals surface area contributed by atoms with Gasteiger partial charge in [-0.05, 0) is 24.5 Å². The van der Waals surface area contributed by atoms with Crippen molar-refractivity contribution in [2.75, 3.05) is 6.61 Å². The number of carbonyl (C=O) groups is 1. The van der Waals surface area contributed by atoms with Crippen LogP contribution in [0.3, 0.4) is 0 Å². The summed E-state index contributed by atoms with van der Waals surface area (Å²) in [6, 6.07) is 7.69. The number of ether oxygens (including phenoxy) is 1. The maximum absolute atomic E-state index is 11.6. The molecule has 0 fully saturated rings. The maximum atomic E-state index is 11.6. The Labute approximate surface area is 106 Å². The Morgan fingerprint density at radius 3 is 2.82 bits per heavy atom. The van der Waals surface area contributed by atoms with Crippen molar-refractivity contribution in [3.8, 4) is 0 Å². The number of hydrogen-bond donors (Lipinski definition) is 0. The average molecular weight is 251 g/mol. The lowest BCUT2D eigenvalue weighted by atomic mass is 9.86. The third-order valence-corrected chi connectivity index (χ3v) is 3.24. The molecule has 0 bridgehead atoms. The molecular weight excluding hydrogens is 236 g/mol. The molecule has 0 saturated heterocycles. The first-order valence-electron chi connectivity index (χ1n) is 5.81. The van der Waals surface area contributed by atoms with Crippen LogP contribution in [0.4, 0.5) is 0 Å². The molecule has 0 saturated carbocycles. The number of allylic oxidation sites excluding steroid dienone is 2. The molecule has 0 radical (unpaired) electrons. The van der Waals surface area contributed by atoms with Gasteiger partial charge in [-0.15, -0.1) is 0 Å². The van der Waals surface area contributed by atoms with Crippen LogP contribution in [0.15, 0.2) is 36.1 Å². The van der Waals surface area contributed by atoms with Gasteiger partial charge in [0.1, 0.15) is 5.76 Å². The second kappa shape index (κ2) is 5.37. The van der Waals surface area contributed by atoms with Crippen molar-refractivity contribution in [2.45, 2.75) is 25.7 Å². The first kappa shape index (κ1) is 12.2. The molecule has 0 aliphatic heterocycles. The van der Waals surface area contributed by atoms with Gasteiger partial charge in [0, 0.05) is 23.9 Å². The van der Waals surface area contributed by atoms with E-state index in [4.69, 9.17) is 16.3 Å². The van der Waals surface area contributed by atoms with E-state index in [0.717, 1.165) is 22.8 Å². The quantitative estimate of drug-likeness (QED) is 0.818. The summed E-state index contributed by atoms with van der Waals surface area (Å²) in [5, 5.41) is 0.725. The van der Waals surface area contributed by atoms with Crippen LogP contribution in [0.1, 0.15) is 31.2 Å². The standard InChI is InChI=1S/C14H15ClO2/c1-2-17-12-8-10(7-11(16)9-12)13-5-3-4-6-14(13)15/h3-6,9-10H,2,7-8H2,1H3. The van der Waals surface area contributed by atoms with Gasteiger partial charge in [0.15, 0.2) is 5.78 Å². The van der Waals surface area contributed by atoms with Crippen LogP contribution in [0.5, 0.6) is 0 Å². The van der Waals surface area contributed by atoms with Crippen LogP contribution in [0, 0.1) is 0 Å². The molecule has 0 spiro atoms. The molecule has 0 heterocycles. The third-order valence-electron chi connectivity index (χ3n) is 2.89. The molecule has 1 aromatic rings. The minimum absolute atomic E-state index is 0.115. The second-order valence-electron chi connectivity index (χ2n) is 4.14. The maximum Gasteiger partial charge on any atom is 0.159 e. The lowest BCUT2D eigenvalue weighted by Crippen LogP contribution is -2.14. The van der Waals surface area contributed by atoms with Gasteiger partial charge in [-0.2, -0.15) is 0 Å². The predicted molar refractivity (Wildman–Crippen MR) is 68.1 cm³/mol.